The molecule has 4 N–H and O–H groups in total. The maximum Gasteiger partial charge on any atom is 0.271 e. The average Bonchev–Trinajstić information content (AvgIpc) is 2.73. The van der Waals surface area contributed by atoms with Crippen LogP contribution in [0.5, 0.6) is 0 Å². The Bertz CT molecular complexity index is 579. The minimum atomic E-state index is -0.420. The third-order valence-electron chi connectivity index (χ3n) is 2.65. The number of nitrogen functional groups attached to an aromatic ring is 1. The highest BCUT2D eigenvalue weighted by Gasteiger charge is 2.09. The highest BCUT2D eigenvalue weighted by Crippen LogP contribution is 2.22. The molecule has 0 fully saturated rings. The van der Waals surface area contributed by atoms with Gasteiger partial charge in [-0.05, 0) is 12.5 Å². The van der Waals surface area contributed by atoms with E-state index in [9.17, 15) is 10.1 Å². The number of rotatable bonds is 4. The van der Waals surface area contributed by atoms with Crippen molar-refractivity contribution in [3.05, 3.63) is 45.6 Å². The van der Waals surface area contributed by atoms with Crippen LogP contribution in [0.15, 0.2) is 24.4 Å². The number of nitrogens with two attached hydrogens (primary N) is 1. The molecule has 7 nitrogen and oxygen atoms in total. The number of non-ortho nitro benzene ring substituents is 1. The molecule has 0 amide bonds. The fourth-order valence-electron chi connectivity index (χ4n) is 1.57. The van der Waals surface area contributed by atoms with Crippen LogP contribution < -0.4 is 11.1 Å². The highest BCUT2D eigenvalue weighted by atomic mass is 16.6. The van der Waals surface area contributed by atoms with Gasteiger partial charge < -0.3 is 11.1 Å². The lowest BCUT2D eigenvalue weighted by molar-refractivity contribution is -0.384. The number of anilines is 2. The first-order valence-corrected chi connectivity index (χ1v) is 5.34. The standard InChI is InChI=1S/C11H13N5O2/c1-7-2-3-9(16(17)18)4-10(7)13-5-8-6-14-15-11(8)12/h2-4,6,13H,5H2,1H3,(H3,12,14,15). The summed E-state index contributed by atoms with van der Waals surface area (Å²) in [6.07, 6.45) is 1.62. The minimum absolute atomic E-state index is 0.0586. The lowest BCUT2D eigenvalue weighted by Crippen LogP contribution is -2.03. The molecule has 1 aromatic heterocycles. The Labute approximate surface area is 103 Å². The number of nitro groups is 1. The zero-order valence-electron chi connectivity index (χ0n) is 9.80. The summed E-state index contributed by atoms with van der Waals surface area (Å²) >= 11 is 0. The highest BCUT2D eigenvalue weighted by molar-refractivity contribution is 5.57. The van der Waals surface area contributed by atoms with Crippen molar-refractivity contribution >= 4 is 17.2 Å². The Hall–Kier alpha value is -2.57. The van der Waals surface area contributed by atoms with E-state index in [1.54, 1.807) is 12.3 Å². The lowest BCUT2D eigenvalue weighted by atomic mass is 10.1. The summed E-state index contributed by atoms with van der Waals surface area (Å²) in [4.78, 5) is 10.3. The van der Waals surface area contributed by atoms with Crippen molar-refractivity contribution in [2.75, 3.05) is 11.1 Å². The Morgan fingerprint density at radius 1 is 1.56 bits per heavy atom. The number of aromatic nitrogens is 2. The summed E-state index contributed by atoms with van der Waals surface area (Å²) in [7, 11) is 0. The predicted molar refractivity (Wildman–Crippen MR) is 68.2 cm³/mol. The first kappa shape index (κ1) is 11.9. The van der Waals surface area contributed by atoms with Gasteiger partial charge in [-0.15, -0.1) is 0 Å². The van der Waals surface area contributed by atoms with Gasteiger partial charge in [0.05, 0.1) is 11.1 Å². The summed E-state index contributed by atoms with van der Waals surface area (Å²) in [5, 5.41) is 20.2. The van der Waals surface area contributed by atoms with Crippen LogP contribution in [0.2, 0.25) is 0 Å². The fourth-order valence-corrected chi connectivity index (χ4v) is 1.57. The number of nitrogens with one attached hydrogen (secondary N) is 2. The van der Waals surface area contributed by atoms with E-state index in [1.165, 1.54) is 12.1 Å². The molecule has 18 heavy (non-hydrogen) atoms. The van der Waals surface area contributed by atoms with Gasteiger partial charge in [0, 0.05) is 29.9 Å². The summed E-state index contributed by atoms with van der Waals surface area (Å²) in [5.41, 5.74) is 8.18. The van der Waals surface area contributed by atoms with Gasteiger partial charge in [-0.3, -0.25) is 15.2 Å². The van der Waals surface area contributed by atoms with E-state index in [-0.39, 0.29) is 5.69 Å². The number of aryl methyl sites for hydroxylation is 1. The molecule has 0 aliphatic heterocycles. The maximum absolute atomic E-state index is 10.7. The molecule has 0 aliphatic rings. The largest absolute Gasteiger partial charge is 0.384 e. The zero-order chi connectivity index (χ0) is 13.1. The number of aromatic amines is 1. The van der Waals surface area contributed by atoms with Gasteiger partial charge in [0.1, 0.15) is 5.82 Å². The third-order valence-corrected chi connectivity index (χ3v) is 2.65. The van der Waals surface area contributed by atoms with Gasteiger partial charge in [-0.25, -0.2) is 0 Å². The molecule has 1 heterocycles. The van der Waals surface area contributed by atoms with Crippen molar-refractivity contribution in [1.82, 2.24) is 10.2 Å². The Morgan fingerprint density at radius 3 is 2.94 bits per heavy atom. The second-order valence-electron chi connectivity index (χ2n) is 3.92. The molecular weight excluding hydrogens is 234 g/mol. The van der Waals surface area contributed by atoms with E-state index in [1.807, 2.05) is 6.92 Å². The summed E-state index contributed by atoms with van der Waals surface area (Å²) in [5.74, 6) is 0.491. The third kappa shape index (κ3) is 2.40. The van der Waals surface area contributed by atoms with Crippen molar-refractivity contribution in [2.45, 2.75) is 13.5 Å². The molecule has 2 rings (SSSR count). The van der Waals surface area contributed by atoms with Gasteiger partial charge in [0.2, 0.25) is 0 Å². The number of benzene rings is 1. The monoisotopic (exact) mass is 247 g/mol. The first-order valence-electron chi connectivity index (χ1n) is 5.34. The number of nitro benzene ring substituents is 1. The van der Waals surface area contributed by atoms with Crippen LogP contribution in [0.1, 0.15) is 11.1 Å². The molecular formula is C11H13N5O2. The molecule has 1 aromatic carbocycles. The van der Waals surface area contributed by atoms with Gasteiger partial charge in [0.25, 0.3) is 5.69 Å². The van der Waals surface area contributed by atoms with Crippen LogP contribution in [0, 0.1) is 17.0 Å². The second-order valence-corrected chi connectivity index (χ2v) is 3.92. The zero-order valence-corrected chi connectivity index (χ0v) is 9.80. The molecule has 0 saturated carbocycles. The van der Waals surface area contributed by atoms with Crippen molar-refractivity contribution < 1.29 is 4.92 Å². The number of hydrogen-bond donors (Lipinski definition) is 3. The van der Waals surface area contributed by atoms with Crippen molar-refractivity contribution in [3.8, 4) is 0 Å². The van der Waals surface area contributed by atoms with E-state index in [2.05, 4.69) is 15.5 Å². The smallest absolute Gasteiger partial charge is 0.271 e. The van der Waals surface area contributed by atoms with Crippen molar-refractivity contribution in [2.24, 2.45) is 0 Å². The SMILES string of the molecule is Cc1ccc([N+](=O)[O-])cc1NCc1cn[nH]c1N. The molecule has 0 unspecified atom stereocenters. The van der Waals surface area contributed by atoms with E-state index < -0.39 is 4.92 Å². The Morgan fingerprint density at radius 2 is 2.33 bits per heavy atom. The van der Waals surface area contributed by atoms with Crippen LogP contribution in [0.3, 0.4) is 0 Å². The summed E-state index contributed by atoms with van der Waals surface area (Å²) in [6, 6.07) is 4.69. The normalized spacial score (nSPS) is 10.3. The number of hydrogen-bond acceptors (Lipinski definition) is 5. The Balaban J connectivity index is 2.16. The van der Waals surface area contributed by atoms with Crippen LogP contribution in [-0.2, 0) is 6.54 Å². The molecule has 0 spiro atoms. The lowest BCUT2D eigenvalue weighted by Gasteiger charge is -2.08. The van der Waals surface area contributed by atoms with Gasteiger partial charge in [0.15, 0.2) is 0 Å². The molecule has 0 bridgehead atoms. The van der Waals surface area contributed by atoms with E-state index >= 15 is 0 Å². The average molecular weight is 247 g/mol. The van der Waals surface area contributed by atoms with Crippen LogP contribution in [0.25, 0.3) is 0 Å². The first-order chi connectivity index (χ1) is 8.58. The van der Waals surface area contributed by atoms with Gasteiger partial charge in [-0.1, -0.05) is 6.07 Å². The minimum Gasteiger partial charge on any atom is -0.384 e. The van der Waals surface area contributed by atoms with E-state index in [0.717, 1.165) is 11.1 Å². The van der Waals surface area contributed by atoms with Crippen LogP contribution in [-0.4, -0.2) is 15.1 Å². The van der Waals surface area contributed by atoms with Gasteiger partial charge in [-0.2, -0.15) is 5.10 Å². The number of H-pyrrole nitrogens is 1. The molecule has 0 aliphatic carbocycles. The quantitative estimate of drug-likeness (QED) is 0.563. The number of nitrogens with zero attached hydrogens (tertiary/aromatic N) is 2. The maximum atomic E-state index is 10.7. The molecule has 7 heteroatoms. The predicted octanol–water partition coefficient (Wildman–Crippen LogP) is 1.82. The molecule has 94 valence electrons. The van der Waals surface area contributed by atoms with Crippen LogP contribution in [0.4, 0.5) is 17.2 Å². The van der Waals surface area contributed by atoms with Crippen molar-refractivity contribution in [1.29, 1.82) is 0 Å². The topological polar surface area (TPSA) is 110 Å². The molecule has 0 atom stereocenters. The summed E-state index contributed by atoms with van der Waals surface area (Å²) < 4.78 is 0. The second kappa shape index (κ2) is 4.74. The van der Waals surface area contributed by atoms with E-state index in [4.69, 9.17) is 5.73 Å². The molecule has 2 aromatic rings. The van der Waals surface area contributed by atoms with E-state index in [0.29, 0.717) is 18.1 Å². The van der Waals surface area contributed by atoms with Crippen LogP contribution >= 0.6 is 0 Å². The van der Waals surface area contributed by atoms with Gasteiger partial charge >= 0.3 is 0 Å². The fraction of sp³-hybridized carbons (Fsp3) is 0.182. The molecule has 0 saturated heterocycles. The Kier molecular flexibility index (Phi) is 3.13. The van der Waals surface area contributed by atoms with Crippen molar-refractivity contribution in [3.63, 3.8) is 0 Å². The summed E-state index contributed by atoms with van der Waals surface area (Å²) in [6.45, 7) is 2.34. The molecule has 0 radical (unpaired) electrons.